The molecule has 1 N–H and O–H groups in total. The van der Waals surface area contributed by atoms with E-state index in [4.69, 9.17) is 4.43 Å². The average molecular weight is 452 g/mol. The van der Waals surface area contributed by atoms with Crippen molar-refractivity contribution in [2.24, 2.45) is 0 Å². The molecule has 0 amide bonds. The lowest BCUT2D eigenvalue weighted by molar-refractivity contribution is 0.171. The van der Waals surface area contributed by atoms with Crippen LogP contribution in [-0.4, -0.2) is 31.1 Å². The van der Waals surface area contributed by atoms with E-state index in [-0.39, 0.29) is 17.7 Å². The summed E-state index contributed by atoms with van der Waals surface area (Å²) >= 11 is 1.65. The van der Waals surface area contributed by atoms with Crippen molar-refractivity contribution in [3.63, 3.8) is 0 Å². The van der Waals surface area contributed by atoms with E-state index in [9.17, 15) is 5.11 Å². The second kappa shape index (κ2) is 10.0. The van der Waals surface area contributed by atoms with Crippen molar-refractivity contribution in [2.45, 2.75) is 52.2 Å². The lowest BCUT2D eigenvalue weighted by Gasteiger charge is -2.45. The monoisotopic (exact) mass is 451 g/mol. The van der Waals surface area contributed by atoms with Crippen molar-refractivity contribution < 1.29 is 9.53 Å². The molecule has 0 spiro atoms. The average Bonchev–Trinajstić information content (AvgIpc) is 3.16. The first kappa shape index (κ1) is 23.6. The molecule has 0 aliphatic rings. The summed E-state index contributed by atoms with van der Waals surface area (Å²) in [6.07, 6.45) is 2.45. The van der Waals surface area contributed by atoms with Gasteiger partial charge >= 0.3 is 0 Å². The van der Waals surface area contributed by atoms with Crippen molar-refractivity contribution in [2.75, 3.05) is 6.61 Å². The maximum atomic E-state index is 9.89. The highest BCUT2D eigenvalue weighted by atomic mass is 32.1. The molecule has 1 atom stereocenters. The third kappa shape index (κ3) is 5.24. The van der Waals surface area contributed by atoms with Gasteiger partial charge in [0.15, 0.2) is 0 Å². The Kier molecular flexibility index (Phi) is 7.65. The van der Waals surface area contributed by atoms with Crippen LogP contribution >= 0.6 is 11.3 Å². The van der Waals surface area contributed by atoms with Crippen LogP contribution in [-0.2, 0) is 4.43 Å². The third-order valence-electron chi connectivity index (χ3n) is 5.65. The second-order valence-corrected chi connectivity index (χ2v) is 14.3. The van der Waals surface area contributed by atoms with Gasteiger partial charge in [0.05, 0.1) is 16.8 Å². The summed E-state index contributed by atoms with van der Waals surface area (Å²) < 4.78 is 7.24. The lowest BCUT2D eigenvalue weighted by atomic mass is 10.1. The van der Waals surface area contributed by atoms with Crippen LogP contribution in [0.1, 0.15) is 44.8 Å². The quantitative estimate of drug-likeness (QED) is 0.480. The van der Waals surface area contributed by atoms with Crippen LogP contribution < -0.4 is 10.4 Å². The maximum absolute atomic E-state index is 9.89. The molecule has 3 rings (SSSR count). The normalized spacial score (nSPS) is 13.9. The molecule has 0 aliphatic carbocycles. The number of rotatable bonds is 8. The van der Waals surface area contributed by atoms with Crippen LogP contribution in [0.15, 0.2) is 71.6 Å². The first-order valence-corrected chi connectivity index (χ1v) is 13.6. The van der Waals surface area contributed by atoms with E-state index in [0.29, 0.717) is 6.42 Å². The summed E-state index contributed by atoms with van der Waals surface area (Å²) in [4.78, 5) is 4.59. The minimum atomic E-state index is -2.69. The van der Waals surface area contributed by atoms with Crippen molar-refractivity contribution in [3.05, 3.63) is 82.3 Å². The summed E-state index contributed by atoms with van der Waals surface area (Å²) in [6.45, 7) is 11.0. The molecule has 31 heavy (non-hydrogen) atoms. The van der Waals surface area contributed by atoms with Gasteiger partial charge in [-0.3, -0.25) is 0 Å². The van der Waals surface area contributed by atoms with Gasteiger partial charge in [-0.1, -0.05) is 81.4 Å². The molecule has 0 radical (unpaired) electrons. The van der Waals surface area contributed by atoms with E-state index in [1.165, 1.54) is 10.4 Å². The molecule has 0 saturated heterocycles. The Morgan fingerprint density at radius 1 is 1.06 bits per heavy atom. The van der Waals surface area contributed by atoms with Crippen molar-refractivity contribution >= 4 is 36.1 Å². The van der Waals surface area contributed by atoms with Gasteiger partial charge < -0.3 is 9.53 Å². The predicted octanol–water partition coefficient (Wildman–Crippen LogP) is 5.18. The molecular weight excluding hydrogens is 418 g/mol. The molecule has 0 bridgehead atoms. The van der Waals surface area contributed by atoms with E-state index < -0.39 is 8.32 Å². The first-order valence-electron chi connectivity index (χ1n) is 10.8. The van der Waals surface area contributed by atoms with Crippen molar-refractivity contribution in [1.82, 2.24) is 4.98 Å². The lowest BCUT2D eigenvalue weighted by Crippen LogP contribution is -2.67. The van der Waals surface area contributed by atoms with Gasteiger partial charge in [-0.25, -0.2) is 4.98 Å². The SMILES string of the molecule is C/C(=C\c1csc(C)n1)C(CCO)O[Si](c1ccccc1)(c1ccccc1)C(C)(C)C. The first-order chi connectivity index (χ1) is 14.8. The summed E-state index contributed by atoms with van der Waals surface area (Å²) in [7, 11) is -2.69. The number of thiazole rings is 1. The zero-order chi connectivity index (χ0) is 22.5. The topological polar surface area (TPSA) is 42.4 Å². The molecule has 5 heteroatoms. The Balaban J connectivity index is 2.15. The molecule has 1 unspecified atom stereocenters. The Labute approximate surface area is 191 Å². The Hall–Kier alpha value is -2.05. The summed E-state index contributed by atoms with van der Waals surface area (Å²) in [5.41, 5.74) is 2.04. The minimum Gasteiger partial charge on any atom is -0.401 e. The highest BCUT2D eigenvalue weighted by Crippen LogP contribution is 2.38. The smallest absolute Gasteiger partial charge is 0.261 e. The Bertz CT molecular complexity index is 954. The molecule has 1 aromatic heterocycles. The number of aryl methyl sites for hydroxylation is 1. The van der Waals surface area contributed by atoms with Gasteiger partial charge in [0, 0.05) is 12.0 Å². The van der Waals surface area contributed by atoms with Gasteiger partial charge in [0.1, 0.15) is 0 Å². The van der Waals surface area contributed by atoms with Crippen LogP contribution in [0.3, 0.4) is 0 Å². The number of aromatic nitrogens is 1. The minimum absolute atomic E-state index is 0.0736. The van der Waals surface area contributed by atoms with Crippen LogP contribution in [0.4, 0.5) is 0 Å². The fraction of sp³-hybridized carbons (Fsp3) is 0.346. The molecular formula is C26H33NO2SSi. The zero-order valence-electron chi connectivity index (χ0n) is 19.1. The molecule has 0 saturated carbocycles. The van der Waals surface area contributed by atoms with Gasteiger partial charge in [0.2, 0.25) is 0 Å². The fourth-order valence-electron chi connectivity index (χ4n) is 4.17. The fourth-order valence-corrected chi connectivity index (χ4v) is 9.49. The number of hydrogen-bond acceptors (Lipinski definition) is 4. The molecule has 1 heterocycles. The van der Waals surface area contributed by atoms with Crippen molar-refractivity contribution in [1.29, 1.82) is 0 Å². The van der Waals surface area contributed by atoms with Crippen LogP contribution in [0.5, 0.6) is 0 Å². The van der Waals surface area contributed by atoms with Crippen molar-refractivity contribution in [3.8, 4) is 0 Å². The third-order valence-corrected chi connectivity index (χ3v) is 11.5. The number of aliphatic hydroxyl groups excluding tert-OH is 1. The van der Waals surface area contributed by atoms with E-state index in [1.807, 2.05) is 6.92 Å². The van der Waals surface area contributed by atoms with Gasteiger partial charge in [-0.15, -0.1) is 11.3 Å². The Morgan fingerprint density at radius 3 is 2.03 bits per heavy atom. The van der Waals surface area contributed by atoms with E-state index in [2.05, 4.69) is 105 Å². The van der Waals surface area contributed by atoms with E-state index in [1.54, 1.807) is 11.3 Å². The van der Waals surface area contributed by atoms with Crippen LogP contribution in [0.25, 0.3) is 6.08 Å². The highest BCUT2D eigenvalue weighted by Gasteiger charge is 2.51. The summed E-state index contributed by atoms with van der Waals surface area (Å²) in [5, 5.41) is 15.4. The van der Waals surface area contributed by atoms with Gasteiger partial charge in [0.25, 0.3) is 8.32 Å². The van der Waals surface area contributed by atoms with Gasteiger partial charge in [-0.05, 0) is 47.3 Å². The van der Waals surface area contributed by atoms with Gasteiger partial charge in [-0.2, -0.15) is 0 Å². The zero-order valence-corrected chi connectivity index (χ0v) is 20.9. The van der Waals surface area contributed by atoms with E-state index in [0.717, 1.165) is 16.3 Å². The maximum Gasteiger partial charge on any atom is 0.261 e. The number of benzene rings is 2. The highest BCUT2D eigenvalue weighted by molar-refractivity contribution is 7.09. The largest absolute Gasteiger partial charge is 0.401 e. The van der Waals surface area contributed by atoms with E-state index >= 15 is 0 Å². The Morgan fingerprint density at radius 2 is 1.61 bits per heavy atom. The summed E-state index contributed by atoms with van der Waals surface area (Å²) in [6, 6.07) is 21.3. The second-order valence-electron chi connectivity index (χ2n) is 8.96. The molecule has 3 aromatic rings. The molecule has 0 fully saturated rings. The van der Waals surface area contributed by atoms with Crippen LogP contribution in [0, 0.1) is 6.92 Å². The molecule has 3 nitrogen and oxygen atoms in total. The number of aliphatic hydroxyl groups is 1. The molecule has 0 aliphatic heterocycles. The number of nitrogens with zero attached hydrogens (tertiary/aromatic N) is 1. The number of hydrogen-bond donors (Lipinski definition) is 1. The molecule has 2 aromatic carbocycles. The molecule has 164 valence electrons. The summed E-state index contributed by atoms with van der Waals surface area (Å²) in [5.74, 6) is 0. The standard InChI is InChI=1S/C26H33NO2SSi/c1-20(18-22-19-30-21(2)27-22)25(16-17-28)29-31(26(3,4)5,23-12-8-6-9-13-23)24-14-10-7-11-15-24/h6-15,18-19,25,28H,16-17H2,1-5H3/b20-18+. The predicted molar refractivity (Wildman–Crippen MR) is 135 cm³/mol. The van der Waals surface area contributed by atoms with Crippen LogP contribution in [0.2, 0.25) is 5.04 Å².